The second-order valence-corrected chi connectivity index (χ2v) is 5.91. The minimum Gasteiger partial charge on any atom is -0.492 e. The lowest BCUT2D eigenvalue weighted by Crippen LogP contribution is -2.22. The summed E-state index contributed by atoms with van der Waals surface area (Å²) < 4.78 is 11.5. The molecule has 0 aliphatic rings. The fourth-order valence-electron chi connectivity index (χ4n) is 2.13. The number of nitrogens with one attached hydrogen (secondary N) is 1. The molecule has 114 valence electrons. The molecule has 2 rings (SSSR count). The molecule has 21 heavy (non-hydrogen) atoms. The lowest BCUT2D eigenvalue weighted by Gasteiger charge is -2.20. The maximum absolute atomic E-state index is 6.41. The predicted octanol–water partition coefficient (Wildman–Crippen LogP) is 5.45. The van der Waals surface area contributed by atoms with E-state index in [9.17, 15) is 0 Å². The average Bonchev–Trinajstić information content (AvgIpc) is 2.86. The summed E-state index contributed by atoms with van der Waals surface area (Å²) in [5, 5.41) is 4.53. The Morgan fingerprint density at radius 3 is 2.57 bits per heavy atom. The highest BCUT2D eigenvalue weighted by Crippen LogP contribution is 2.38. The molecule has 1 atom stereocenters. The van der Waals surface area contributed by atoms with E-state index in [0.29, 0.717) is 27.1 Å². The topological polar surface area (TPSA) is 34.4 Å². The van der Waals surface area contributed by atoms with E-state index >= 15 is 0 Å². The van der Waals surface area contributed by atoms with Crippen LogP contribution in [-0.4, -0.2) is 13.2 Å². The number of ether oxygens (including phenoxy) is 1. The first-order valence-electron chi connectivity index (χ1n) is 6.66. The van der Waals surface area contributed by atoms with Gasteiger partial charge in [-0.15, -0.1) is 0 Å². The molecule has 3 nitrogen and oxygen atoms in total. The van der Waals surface area contributed by atoms with Crippen molar-refractivity contribution in [3.8, 4) is 5.75 Å². The van der Waals surface area contributed by atoms with Gasteiger partial charge in [-0.3, -0.25) is 0 Å². The average molecular weight is 393 g/mol. The van der Waals surface area contributed by atoms with Gasteiger partial charge in [0.05, 0.1) is 23.9 Å². The lowest BCUT2D eigenvalue weighted by atomic mass is 10.0. The van der Waals surface area contributed by atoms with Crippen molar-refractivity contribution >= 4 is 39.1 Å². The van der Waals surface area contributed by atoms with Crippen molar-refractivity contribution in [2.24, 2.45) is 0 Å². The molecule has 0 fully saturated rings. The Morgan fingerprint density at radius 1 is 1.24 bits per heavy atom. The van der Waals surface area contributed by atoms with E-state index in [2.05, 4.69) is 21.2 Å². The highest BCUT2D eigenvalue weighted by Gasteiger charge is 2.22. The zero-order chi connectivity index (χ0) is 15.4. The van der Waals surface area contributed by atoms with Gasteiger partial charge in [-0.1, -0.05) is 30.1 Å². The minimum atomic E-state index is -0.108. The van der Waals surface area contributed by atoms with Crippen LogP contribution in [0.3, 0.4) is 0 Å². The predicted molar refractivity (Wildman–Crippen MR) is 89.6 cm³/mol. The summed E-state index contributed by atoms with van der Waals surface area (Å²) in [7, 11) is 0. The van der Waals surface area contributed by atoms with Gasteiger partial charge in [-0.2, -0.15) is 0 Å². The molecule has 1 aromatic heterocycles. The molecule has 1 unspecified atom stereocenters. The summed E-state index contributed by atoms with van der Waals surface area (Å²) in [5.74, 6) is 0.592. The fourth-order valence-corrected chi connectivity index (χ4v) is 3.09. The number of rotatable bonds is 6. The Labute approximate surface area is 142 Å². The van der Waals surface area contributed by atoms with Crippen LogP contribution in [0, 0.1) is 0 Å². The van der Waals surface area contributed by atoms with E-state index < -0.39 is 0 Å². The van der Waals surface area contributed by atoms with Crippen LogP contribution in [0.1, 0.15) is 31.0 Å². The second-order valence-electron chi connectivity index (χ2n) is 4.38. The van der Waals surface area contributed by atoms with Gasteiger partial charge in [0.25, 0.3) is 0 Å². The van der Waals surface area contributed by atoms with Crippen molar-refractivity contribution in [1.82, 2.24) is 5.32 Å². The molecule has 2 aromatic rings. The van der Waals surface area contributed by atoms with Crippen molar-refractivity contribution in [2.75, 3.05) is 13.2 Å². The van der Waals surface area contributed by atoms with Gasteiger partial charge in [0.2, 0.25) is 0 Å². The fraction of sp³-hybridized carbons (Fsp3) is 0.333. The lowest BCUT2D eigenvalue weighted by molar-refractivity contribution is 0.340. The normalized spacial score (nSPS) is 12.4. The Hall–Kier alpha value is -0.680. The van der Waals surface area contributed by atoms with Crippen LogP contribution < -0.4 is 10.1 Å². The van der Waals surface area contributed by atoms with Crippen LogP contribution in [0.25, 0.3) is 0 Å². The van der Waals surface area contributed by atoms with Crippen LogP contribution in [0.5, 0.6) is 5.75 Å². The quantitative estimate of drug-likeness (QED) is 0.709. The molecule has 0 bridgehead atoms. The highest BCUT2D eigenvalue weighted by atomic mass is 79.9. The molecule has 0 radical (unpaired) electrons. The van der Waals surface area contributed by atoms with Crippen molar-refractivity contribution in [1.29, 1.82) is 0 Å². The number of benzene rings is 1. The number of furan rings is 1. The molecule has 0 amide bonds. The van der Waals surface area contributed by atoms with Crippen molar-refractivity contribution in [3.05, 3.63) is 50.3 Å². The molecule has 1 heterocycles. The largest absolute Gasteiger partial charge is 0.492 e. The first-order chi connectivity index (χ1) is 10.1. The molecule has 6 heteroatoms. The monoisotopic (exact) mass is 391 g/mol. The first-order valence-corrected chi connectivity index (χ1v) is 8.21. The maximum Gasteiger partial charge on any atom is 0.174 e. The second kappa shape index (κ2) is 7.54. The number of hydrogen-bond acceptors (Lipinski definition) is 3. The molecule has 0 saturated heterocycles. The SMILES string of the molecule is CCNC(c1cc(Cl)c(OCC)cc1Cl)c1ccoc1Br. The van der Waals surface area contributed by atoms with Gasteiger partial charge in [0, 0.05) is 16.7 Å². The molecule has 1 N–H and O–H groups in total. The summed E-state index contributed by atoms with van der Waals surface area (Å²) in [6, 6.07) is 5.38. The first kappa shape index (κ1) is 16.7. The van der Waals surface area contributed by atoms with Crippen molar-refractivity contribution in [2.45, 2.75) is 19.9 Å². The Kier molecular flexibility index (Phi) is 5.99. The van der Waals surface area contributed by atoms with E-state index in [4.69, 9.17) is 32.4 Å². The molecule has 0 spiro atoms. The van der Waals surface area contributed by atoms with Gasteiger partial charge < -0.3 is 14.5 Å². The molecule has 1 aromatic carbocycles. The molecular weight excluding hydrogens is 377 g/mol. The van der Waals surface area contributed by atoms with Crippen molar-refractivity contribution in [3.63, 3.8) is 0 Å². The van der Waals surface area contributed by atoms with Crippen LogP contribution in [0.15, 0.2) is 33.5 Å². The van der Waals surface area contributed by atoms with Gasteiger partial charge in [-0.05, 0) is 47.1 Å². The van der Waals surface area contributed by atoms with Crippen molar-refractivity contribution < 1.29 is 9.15 Å². The van der Waals surface area contributed by atoms with Crippen LogP contribution in [-0.2, 0) is 0 Å². The van der Waals surface area contributed by atoms with Gasteiger partial charge in [0.15, 0.2) is 4.67 Å². The smallest absolute Gasteiger partial charge is 0.174 e. The summed E-state index contributed by atoms with van der Waals surface area (Å²) in [6.45, 7) is 5.26. The maximum atomic E-state index is 6.41. The Bertz CT molecular complexity index is 616. The number of halogens is 3. The minimum absolute atomic E-state index is 0.108. The zero-order valence-corrected chi connectivity index (χ0v) is 14.8. The Balaban J connectivity index is 2.46. The van der Waals surface area contributed by atoms with E-state index in [1.165, 1.54) is 0 Å². The van der Waals surface area contributed by atoms with Crippen LogP contribution in [0.2, 0.25) is 10.0 Å². The van der Waals surface area contributed by atoms with E-state index in [1.807, 2.05) is 26.0 Å². The van der Waals surface area contributed by atoms with E-state index in [-0.39, 0.29) is 6.04 Å². The molecule has 0 aliphatic heterocycles. The summed E-state index contributed by atoms with van der Waals surface area (Å²) >= 11 is 16.1. The summed E-state index contributed by atoms with van der Waals surface area (Å²) in [5.41, 5.74) is 1.85. The third-order valence-corrected chi connectivity index (χ3v) is 4.29. The molecular formula is C15H16BrCl2NO2. The molecule has 0 saturated carbocycles. The van der Waals surface area contributed by atoms with Gasteiger partial charge >= 0.3 is 0 Å². The Morgan fingerprint density at radius 2 is 2.00 bits per heavy atom. The molecule has 0 aliphatic carbocycles. The van der Waals surface area contributed by atoms with Crippen LogP contribution in [0.4, 0.5) is 0 Å². The summed E-state index contributed by atoms with van der Waals surface area (Å²) in [4.78, 5) is 0. The summed E-state index contributed by atoms with van der Waals surface area (Å²) in [6.07, 6.45) is 1.63. The standard InChI is InChI=1S/C15H16BrCl2NO2/c1-3-19-14(9-5-6-21-15(9)16)10-7-12(18)13(20-4-2)8-11(10)17/h5-8,14,19H,3-4H2,1-2H3. The van der Waals surface area contributed by atoms with E-state index in [1.54, 1.807) is 12.3 Å². The van der Waals surface area contributed by atoms with Gasteiger partial charge in [-0.25, -0.2) is 0 Å². The zero-order valence-electron chi connectivity index (χ0n) is 11.8. The number of hydrogen-bond donors (Lipinski definition) is 1. The van der Waals surface area contributed by atoms with E-state index in [0.717, 1.165) is 17.7 Å². The third-order valence-electron chi connectivity index (χ3n) is 3.03. The van der Waals surface area contributed by atoms with Crippen LogP contribution >= 0.6 is 39.1 Å². The van der Waals surface area contributed by atoms with Gasteiger partial charge in [0.1, 0.15) is 5.75 Å². The third kappa shape index (κ3) is 3.75. The highest BCUT2D eigenvalue weighted by molar-refractivity contribution is 9.10.